The van der Waals surface area contributed by atoms with E-state index in [-0.39, 0.29) is 34.1 Å². The quantitative estimate of drug-likeness (QED) is 0.274. The number of rotatable bonds is 8. The van der Waals surface area contributed by atoms with Crippen LogP contribution in [0.25, 0.3) is 0 Å². The van der Waals surface area contributed by atoms with Gasteiger partial charge >= 0.3 is 0 Å². The minimum atomic E-state index is -3.72. The second kappa shape index (κ2) is 10.8. The molecular formula is C34H38N4O3S. The van der Waals surface area contributed by atoms with Gasteiger partial charge in [-0.25, -0.2) is 18.1 Å². The Morgan fingerprint density at radius 1 is 1.07 bits per heavy atom. The summed E-state index contributed by atoms with van der Waals surface area (Å²) in [7, 11) is -1.79. The Morgan fingerprint density at radius 2 is 1.86 bits per heavy atom. The Hall–Kier alpha value is -3.75. The first-order chi connectivity index (χ1) is 20.1. The van der Waals surface area contributed by atoms with Crippen LogP contribution in [0.3, 0.4) is 0 Å². The van der Waals surface area contributed by atoms with Crippen molar-refractivity contribution in [3.8, 4) is 0 Å². The van der Waals surface area contributed by atoms with Crippen molar-refractivity contribution in [2.45, 2.75) is 63.4 Å². The van der Waals surface area contributed by atoms with E-state index >= 15 is 0 Å². The number of nitrogens with zero attached hydrogens (tertiary/aromatic N) is 3. The van der Waals surface area contributed by atoms with Crippen molar-refractivity contribution in [1.82, 2.24) is 14.3 Å². The fraction of sp³-hybridized carbons (Fsp3) is 0.353. The van der Waals surface area contributed by atoms with E-state index in [4.69, 9.17) is 0 Å². The number of aromatic nitrogens is 2. The van der Waals surface area contributed by atoms with E-state index in [2.05, 4.69) is 41.8 Å². The van der Waals surface area contributed by atoms with E-state index in [0.29, 0.717) is 13.0 Å². The van der Waals surface area contributed by atoms with Crippen LogP contribution in [0.5, 0.6) is 0 Å². The Morgan fingerprint density at radius 3 is 2.57 bits per heavy atom. The summed E-state index contributed by atoms with van der Waals surface area (Å²) in [5, 5.41) is 0. The third-order valence-electron chi connectivity index (χ3n) is 9.09. The third kappa shape index (κ3) is 5.29. The van der Waals surface area contributed by atoms with Crippen LogP contribution < -0.4 is 9.62 Å². The smallest absolute Gasteiger partial charge is 0.241 e. The number of amides is 1. The summed E-state index contributed by atoms with van der Waals surface area (Å²) in [6.07, 6.45) is 6.08. The highest BCUT2D eigenvalue weighted by Crippen LogP contribution is 2.65. The molecule has 1 aromatic heterocycles. The number of carbonyl (C=O) groups excluding carboxylic acids is 1. The average Bonchev–Trinajstić information content (AvgIpc) is 3.32. The van der Waals surface area contributed by atoms with Gasteiger partial charge in [-0.2, -0.15) is 0 Å². The van der Waals surface area contributed by atoms with Crippen LogP contribution in [0.2, 0.25) is 0 Å². The van der Waals surface area contributed by atoms with Crippen LogP contribution in [-0.4, -0.2) is 23.9 Å². The topological polar surface area (TPSA) is 84.3 Å². The van der Waals surface area contributed by atoms with Gasteiger partial charge in [0, 0.05) is 37.1 Å². The molecule has 0 bridgehead atoms. The van der Waals surface area contributed by atoms with Gasteiger partial charge in [0.25, 0.3) is 0 Å². The maximum atomic E-state index is 14.4. The van der Waals surface area contributed by atoms with Crippen LogP contribution >= 0.6 is 0 Å². The first kappa shape index (κ1) is 28.4. The minimum Gasteiger partial charge on any atom is -0.337 e. The molecule has 0 aliphatic heterocycles. The molecule has 218 valence electrons. The van der Waals surface area contributed by atoms with E-state index in [1.165, 1.54) is 5.56 Å². The molecule has 8 heteroatoms. The molecule has 6 rings (SSSR count). The van der Waals surface area contributed by atoms with Crippen molar-refractivity contribution >= 4 is 21.6 Å². The van der Waals surface area contributed by atoms with Crippen LogP contribution in [0.4, 0.5) is 5.69 Å². The molecule has 3 aromatic carbocycles. The van der Waals surface area contributed by atoms with Gasteiger partial charge in [0.05, 0.1) is 17.4 Å². The van der Waals surface area contributed by atoms with Crippen molar-refractivity contribution in [1.29, 1.82) is 0 Å². The number of sulfonamides is 1. The van der Waals surface area contributed by atoms with E-state index in [1.807, 2.05) is 66.0 Å². The maximum Gasteiger partial charge on any atom is 0.241 e. The van der Waals surface area contributed by atoms with E-state index in [9.17, 15) is 13.2 Å². The summed E-state index contributed by atoms with van der Waals surface area (Å²) in [6, 6.07) is 22.9. The minimum absolute atomic E-state index is 0.0597. The zero-order valence-electron chi connectivity index (χ0n) is 24.6. The van der Waals surface area contributed by atoms with Gasteiger partial charge in [0.15, 0.2) is 0 Å². The molecule has 1 fully saturated rings. The average molecular weight is 583 g/mol. The molecule has 0 saturated heterocycles. The number of benzene rings is 3. The molecule has 1 N–H and O–H groups in total. The zero-order valence-corrected chi connectivity index (χ0v) is 25.4. The SMILES string of the molecule is Cc1cccc(S(=O)(=O)N[C@H]2CCCc3ccc(N(Cc4nccn4C)C(=O)[C@H]4[C@@H](c5ccccc5)C4(C)C)cc32)c1. The molecule has 1 saturated carbocycles. The van der Waals surface area contributed by atoms with Gasteiger partial charge in [-0.3, -0.25) is 4.79 Å². The summed E-state index contributed by atoms with van der Waals surface area (Å²) in [4.78, 5) is 21.1. The molecule has 1 heterocycles. The number of fused-ring (bicyclic) bond motifs is 1. The van der Waals surface area contributed by atoms with E-state index in [1.54, 1.807) is 24.4 Å². The fourth-order valence-electron chi connectivity index (χ4n) is 6.65. The van der Waals surface area contributed by atoms with E-state index < -0.39 is 10.0 Å². The molecule has 0 radical (unpaired) electrons. The summed E-state index contributed by atoms with van der Waals surface area (Å²) < 4.78 is 31.7. The monoisotopic (exact) mass is 582 g/mol. The molecule has 0 unspecified atom stereocenters. The highest BCUT2D eigenvalue weighted by Gasteiger charge is 2.63. The predicted molar refractivity (Wildman–Crippen MR) is 164 cm³/mol. The van der Waals surface area contributed by atoms with Gasteiger partial charge in [-0.15, -0.1) is 0 Å². The van der Waals surface area contributed by atoms with Gasteiger partial charge in [-0.1, -0.05) is 62.4 Å². The third-order valence-corrected chi connectivity index (χ3v) is 10.6. The molecule has 2 aliphatic rings. The molecule has 2 aliphatic carbocycles. The first-order valence-electron chi connectivity index (χ1n) is 14.6. The highest BCUT2D eigenvalue weighted by molar-refractivity contribution is 7.89. The zero-order chi connectivity index (χ0) is 29.6. The van der Waals surface area contributed by atoms with Gasteiger partial charge in [0.2, 0.25) is 15.9 Å². The van der Waals surface area contributed by atoms with Crippen molar-refractivity contribution < 1.29 is 13.2 Å². The molecule has 0 spiro atoms. The number of imidazole rings is 1. The Labute approximate surface area is 248 Å². The van der Waals surface area contributed by atoms with Crippen molar-refractivity contribution in [3.05, 3.63) is 113 Å². The number of anilines is 1. The Bertz CT molecular complexity index is 1730. The lowest BCUT2D eigenvalue weighted by atomic mass is 9.87. The Kier molecular flexibility index (Phi) is 7.31. The standard InChI is InChI=1S/C34H38N4O3S/c1-23-10-8-14-27(20-23)42(40,41)36-29-15-9-13-24-16-17-26(21-28(24)29)38(22-30-35-18-19-37(30)4)33(39)32-31(34(32,2)3)25-11-6-5-7-12-25/h5-8,10-12,14,16-21,29,31-32,36H,9,13,15,22H2,1-4H3/t29-,31+,32+/m0/s1. The Balaban J connectivity index is 1.35. The van der Waals surface area contributed by atoms with Crippen molar-refractivity contribution in [2.24, 2.45) is 18.4 Å². The lowest BCUT2D eigenvalue weighted by molar-refractivity contribution is -0.120. The largest absolute Gasteiger partial charge is 0.337 e. The molecular weight excluding hydrogens is 544 g/mol. The molecule has 7 nitrogen and oxygen atoms in total. The summed E-state index contributed by atoms with van der Waals surface area (Å²) in [5.74, 6) is 0.797. The molecule has 1 amide bonds. The molecule has 42 heavy (non-hydrogen) atoms. The summed E-state index contributed by atoms with van der Waals surface area (Å²) >= 11 is 0. The van der Waals surface area contributed by atoms with Crippen LogP contribution in [-0.2, 0) is 34.8 Å². The van der Waals surface area contributed by atoms with Gasteiger partial charge in [-0.05, 0) is 78.1 Å². The lowest BCUT2D eigenvalue weighted by Crippen LogP contribution is -2.35. The van der Waals surface area contributed by atoms with Crippen LogP contribution in [0, 0.1) is 18.3 Å². The van der Waals surface area contributed by atoms with E-state index in [0.717, 1.165) is 41.0 Å². The highest BCUT2D eigenvalue weighted by atomic mass is 32.2. The van der Waals surface area contributed by atoms with Crippen molar-refractivity contribution in [3.63, 3.8) is 0 Å². The van der Waals surface area contributed by atoms with Gasteiger partial charge < -0.3 is 9.47 Å². The molecule has 3 atom stereocenters. The molecule has 4 aromatic rings. The maximum absolute atomic E-state index is 14.4. The fourth-order valence-corrected chi connectivity index (χ4v) is 8.00. The van der Waals surface area contributed by atoms with Crippen LogP contribution in [0.1, 0.15) is 66.7 Å². The normalized spacial score (nSPS) is 21.0. The predicted octanol–water partition coefficient (Wildman–Crippen LogP) is 6.06. The summed E-state index contributed by atoms with van der Waals surface area (Å²) in [6.45, 7) is 6.54. The first-order valence-corrected chi connectivity index (χ1v) is 16.1. The summed E-state index contributed by atoms with van der Waals surface area (Å²) in [5.41, 5.74) is 4.69. The van der Waals surface area contributed by atoms with Gasteiger partial charge in [0.1, 0.15) is 5.82 Å². The van der Waals surface area contributed by atoms with Crippen molar-refractivity contribution in [2.75, 3.05) is 4.90 Å². The lowest BCUT2D eigenvalue weighted by Gasteiger charge is -2.30. The second-order valence-electron chi connectivity index (χ2n) is 12.3. The number of aryl methyl sites for hydroxylation is 3. The second-order valence-corrected chi connectivity index (χ2v) is 14.0. The number of hydrogen-bond acceptors (Lipinski definition) is 4. The number of hydrogen-bond donors (Lipinski definition) is 1. The number of carbonyl (C=O) groups is 1. The number of nitrogens with one attached hydrogen (secondary N) is 1. The van der Waals surface area contributed by atoms with Crippen LogP contribution in [0.15, 0.2) is 90.1 Å².